The highest BCUT2D eigenvalue weighted by Gasteiger charge is 2.26. The maximum atomic E-state index is 10.8. The molecule has 4 nitrogen and oxygen atoms in total. The molecule has 0 fully saturated rings. The molecular weight excluding hydrogens is 184 g/mol. The van der Waals surface area contributed by atoms with Crippen LogP contribution in [-0.2, 0) is 16.0 Å². The van der Waals surface area contributed by atoms with E-state index in [1.807, 2.05) is 0 Å². The van der Waals surface area contributed by atoms with E-state index in [0.717, 1.165) is 5.56 Å². The molecule has 0 amide bonds. The minimum Gasteiger partial charge on any atom is -0.508 e. The lowest BCUT2D eigenvalue weighted by Crippen LogP contribution is -2.22. The second-order valence-corrected chi connectivity index (χ2v) is 3.22. The van der Waals surface area contributed by atoms with Crippen LogP contribution >= 0.6 is 0 Å². The van der Waals surface area contributed by atoms with Crippen LogP contribution in [0, 0.1) is 0 Å². The number of benzene rings is 1. The molecule has 0 bridgehead atoms. The lowest BCUT2D eigenvalue weighted by atomic mass is 9.97. The van der Waals surface area contributed by atoms with Crippen LogP contribution in [0.4, 0.5) is 0 Å². The molecule has 0 saturated carbocycles. The zero-order chi connectivity index (χ0) is 10.1. The van der Waals surface area contributed by atoms with Gasteiger partial charge in [-0.2, -0.15) is 0 Å². The molecule has 1 atom stereocenters. The summed E-state index contributed by atoms with van der Waals surface area (Å²) in [5, 5.41) is 18.1. The molecule has 0 spiro atoms. The van der Waals surface area contributed by atoms with Crippen molar-refractivity contribution in [3.05, 3.63) is 29.3 Å². The van der Waals surface area contributed by atoms with Crippen LogP contribution in [0.15, 0.2) is 18.2 Å². The molecule has 1 aromatic carbocycles. The number of carboxylic acid groups (broad SMARTS) is 1. The van der Waals surface area contributed by atoms with E-state index in [1.54, 1.807) is 12.1 Å². The molecule has 2 N–H and O–H groups in total. The minimum absolute atomic E-state index is 0.162. The first-order chi connectivity index (χ1) is 6.68. The Morgan fingerprint density at radius 1 is 1.50 bits per heavy atom. The third-order valence-electron chi connectivity index (χ3n) is 2.29. The predicted molar refractivity (Wildman–Crippen MR) is 48.1 cm³/mol. The highest BCUT2D eigenvalue weighted by molar-refractivity contribution is 5.75. The number of phenols is 1. The summed E-state index contributed by atoms with van der Waals surface area (Å²) in [5.41, 5.74) is 1.49. The Hall–Kier alpha value is -1.55. The van der Waals surface area contributed by atoms with Gasteiger partial charge < -0.3 is 14.9 Å². The van der Waals surface area contributed by atoms with E-state index in [2.05, 4.69) is 0 Å². The van der Waals surface area contributed by atoms with E-state index in [0.29, 0.717) is 18.6 Å². The first kappa shape index (κ1) is 9.02. The van der Waals surface area contributed by atoms with E-state index in [4.69, 9.17) is 9.84 Å². The van der Waals surface area contributed by atoms with Gasteiger partial charge in [0, 0.05) is 0 Å². The van der Waals surface area contributed by atoms with Gasteiger partial charge in [-0.1, -0.05) is 6.07 Å². The van der Waals surface area contributed by atoms with E-state index >= 15 is 0 Å². The zero-order valence-corrected chi connectivity index (χ0v) is 7.43. The summed E-state index contributed by atoms with van der Waals surface area (Å²) in [6.45, 7) is 0.382. The Bertz CT molecular complexity index is 372. The molecule has 14 heavy (non-hydrogen) atoms. The molecule has 0 aliphatic carbocycles. The maximum Gasteiger partial charge on any atom is 0.337 e. The van der Waals surface area contributed by atoms with E-state index in [9.17, 15) is 9.90 Å². The molecule has 74 valence electrons. The van der Waals surface area contributed by atoms with Crippen molar-refractivity contribution < 1.29 is 19.7 Å². The van der Waals surface area contributed by atoms with Gasteiger partial charge in [0.15, 0.2) is 6.10 Å². The van der Waals surface area contributed by atoms with Gasteiger partial charge in [0.2, 0.25) is 0 Å². The number of carbonyl (C=O) groups is 1. The Kier molecular flexibility index (Phi) is 2.13. The molecule has 0 saturated heterocycles. The average molecular weight is 194 g/mol. The van der Waals surface area contributed by atoms with E-state index in [1.165, 1.54) is 6.07 Å². The second kappa shape index (κ2) is 3.31. The number of ether oxygens (including phenoxy) is 1. The highest BCUT2D eigenvalue weighted by Crippen LogP contribution is 2.29. The normalized spacial score (nSPS) is 20.1. The van der Waals surface area contributed by atoms with Gasteiger partial charge in [-0.25, -0.2) is 4.79 Å². The van der Waals surface area contributed by atoms with Gasteiger partial charge in [0.25, 0.3) is 0 Å². The fourth-order valence-corrected chi connectivity index (χ4v) is 1.65. The monoisotopic (exact) mass is 194 g/mol. The molecule has 1 unspecified atom stereocenters. The second-order valence-electron chi connectivity index (χ2n) is 3.22. The van der Waals surface area contributed by atoms with Crippen molar-refractivity contribution in [1.82, 2.24) is 0 Å². The Morgan fingerprint density at radius 2 is 2.29 bits per heavy atom. The molecule has 0 aromatic heterocycles. The van der Waals surface area contributed by atoms with Crippen LogP contribution in [-0.4, -0.2) is 22.8 Å². The molecule has 1 aliphatic rings. The first-order valence-electron chi connectivity index (χ1n) is 4.34. The van der Waals surface area contributed by atoms with E-state index in [-0.39, 0.29) is 5.75 Å². The standard InChI is InChI=1S/C10H10O4/c11-7-1-2-8-6(5-7)3-4-14-9(8)10(12)13/h1-2,5,9,11H,3-4H2,(H,12,13). The van der Waals surface area contributed by atoms with Gasteiger partial charge in [-0.05, 0) is 29.7 Å². The lowest BCUT2D eigenvalue weighted by Gasteiger charge is -2.22. The van der Waals surface area contributed by atoms with Crippen LogP contribution < -0.4 is 0 Å². The van der Waals surface area contributed by atoms with Crippen LogP contribution in [0.2, 0.25) is 0 Å². The average Bonchev–Trinajstić information content (AvgIpc) is 2.16. The highest BCUT2D eigenvalue weighted by atomic mass is 16.5. The van der Waals surface area contributed by atoms with Gasteiger partial charge in [-0.3, -0.25) is 0 Å². The van der Waals surface area contributed by atoms with Crippen molar-refractivity contribution in [2.45, 2.75) is 12.5 Å². The van der Waals surface area contributed by atoms with Crippen LogP contribution in [0.5, 0.6) is 5.75 Å². The molecule has 0 radical (unpaired) electrons. The summed E-state index contributed by atoms with van der Waals surface area (Å²) in [7, 11) is 0. The third-order valence-corrected chi connectivity index (χ3v) is 2.29. The molecular formula is C10H10O4. The lowest BCUT2D eigenvalue weighted by molar-refractivity contribution is -0.151. The minimum atomic E-state index is -0.989. The van der Waals surface area contributed by atoms with Crippen molar-refractivity contribution in [3.8, 4) is 5.75 Å². The Labute approximate surface area is 80.7 Å². The van der Waals surface area contributed by atoms with Gasteiger partial charge >= 0.3 is 5.97 Å². The summed E-state index contributed by atoms with van der Waals surface area (Å²) >= 11 is 0. The number of rotatable bonds is 1. The topological polar surface area (TPSA) is 66.8 Å². The number of aliphatic carboxylic acids is 1. The predicted octanol–water partition coefficient (Wildman–Crippen LogP) is 1.09. The SMILES string of the molecule is O=C(O)C1OCCc2cc(O)ccc21. The fraction of sp³-hybridized carbons (Fsp3) is 0.300. The summed E-state index contributed by atoms with van der Waals surface area (Å²) < 4.78 is 5.12. The van der Waals surface area contributed by atoms with E-state index < -0.39 is 12.1 Å². The summed E-state index contributed by atoms with van der Waals surface area (Å²) in [4.78, 5) is 10.8. The van der Waals surface area contributed by atoms with Crippen molar-refractivity contribution in [2.24, 2.45) is 0 Å². The first-order valence-corrected chi connectivity index (χ1v) is 4.34. The van der Waals surface area contributed by atoms with Gasteiger partial charge in [0.1, 0.15) is 5.75 Å². The quantitative estimate of drug-likeness (QED) is 0.702. The number of carboxylic acids is 1. The molecule has 1 aliphatic heterocycles. The van der Waals surface area contributed by atoms with Crippen molar-refractivity contribution in [1.29, 1.82) is 0 Å². The Morgan fingerprint density at radius 3 is 3.00 bits per heavy atom. The number of aromatic hydroxyl groups is 1. The smallest absolute Gasteiger partial charge is 0.337 e. The van der Waals surface area contributed by atoms with Crippen molar-refractivity contribution in [2.75, 3.05) is 6.61 Å². The third kappa shape index (κ3) is 1.44. The Balaban J connectivity index is 2.44. The number of fused-ring (bicyclic) bond motifs is 1. The molecule has 4 heteroatoms. The molecule has 1 aromatic rings. The van der Waals surface area contributed by atoms with Crippen LogP contribution in [0.25, 0.3) is 0 Å². The largest absolute Gasteiger partial charge is 0.508 e. The number of phenolic OH excluding ortho intramolecular Hbond substituents is 1. The summed E-state index contributed by atoms with van der Waals surface area (Å²) in [6, 6.07) is 4.67. The number of hydrogen-bond acceptors (Lipinski definition) is 3. The van der Waals surface area contributed by atoms with Crippen LogP contribution in [0.1, 0.15) is 17.2 Å². The maximum absolute atomic E-state index is 10.8. The summed E-state index contributed by atoms with van der Waals surface area (Å²) in [6.07, 6.45) is -0.243. The van der Waals surface area contributed by atoms with Gasteiger partial charge in [0.05, 0.1) is 6.61 Å². The van der Waals surface area contributed by atoms with Crippen LogP contribution in [0.3, 0.4) is 0 Å². The molecule has 1 heterocycles. The van der Waals surface area contributed by atoms with Crippen molar-refractivity contribution >= 4 is 5.97 Å². The summed E-state index contributed by atoms with van der Waals surface area (Å²) in [5.74, 6) is -0.827. The number of hydrogen-bond donors (Lipinski definition) is 2. The van der Waals surface area contributed by atoms with Gasteiger partial charge in [-0.15, -0.1) is 0 Å². The van der Waals surface area contributed by atoms with Crippen molar-refractivity contribution in [3.63, 3.8) is 0 Å². The zero-order valence-electron chi connectivity index (χ0n) is 7.43. The molecule has 2 rings (SSSR count). The fourth-order valence-electron chi connectivity index (χ4n) is 1.65.